The van der Waals surface area contributed by atoms with E-state index in [0.717, 1.165) is 18.7 Å². The number of benzene rings is 1. The zero-order chi connectivity index (χ0) is 15.8. The molecule has 0 saturated heterocycles. The lowest BCUT2D eigenvalue weighted by Crippen LogP contribution is -2.38. The van der Waals surface area contributed by atoms with Crippen molar-refractivity contribution >= 4 is 5.96 Å². The zero-order valence-corrected chi connectivity index (χ0v) is 12.8. The minimum absolute atomic E-state index is 0.248. The van der Waals surface area contributed by atoms with Gasteiger partial charge >= 0.3 is 0 Å². The highest BCUT2D eigenvalue weighted by atomic mass is 19.1. The van der Waals surface area contributed by atoms with Crippen molar-refractivity contribution in [3.05, 3.63) is 54.1 Å². The van der Waals surface area contributed by atoms with E-state index in [4.69, 9.17) is 4.74 Å². The molecular weight excluding hydrogens is 283 g/mol. The van der Waals surface area contributed by atoms with E-state index in [-0.39, 0.29) is 11.6 Å². The van der Waals surface area contributed by atoms with Gasteiger partial charge in [-0.3, -0.25) is 4.99 Å². The van der Waals surface area contributed by atoms with Gasteiger partial charge < -0.3 is 19.9 Å². The molecule has 0 unspecified atom stereocenters. The first-order valence-electron chi connectivity index (χ1n) is 7.10. The molecule has 0 aliphatic heterocycles. The summed E-state index contributed by atoms with van der Waals surface area (Å²) in [4.78, 5) is 4.14. The smallest absolute Gasteiger partial charge is 0.191 e. The fraction of sp³-hybridized carbons (Fsp3) is 0.312. The molecule has 0 aliphatic carbocycles. The fourth-order valence-corrected chi connectivity index (χ4v) is 2.05. The van der Waals surface area contributed by atoms with Gasteiger partial charge in [-0.05, 0) is 29.8 Å². The Morgan fingerprint density at radius 2 is 2.05 bits per heavy atom. The maximum atomic E-state index is 13.6. The molecule has 5 nitrogen and oxygen atoms in total. The first-order valence-corrected chi connectivity index (χ1v) is 7.10. The summed E-state index contributed by atoms with van der Waals surface area (Å²) >= 11 is 0. The van der Waals surface area contributed by atoms with Crippen LogP contribution in [0.1, 0.15) is 5.56 Å². The summed E-state index contributed by atoms with van der Waals surface area (Å²) in [6.45, 7) is 2.10. The predicted octanol–water partition coefficient (Wildman–Crippen LogP) is 2.00. The standard InChI is InChI=1S/C16H21FN4O/c1-18-16(19-7-10-21-8-3-4-9-21)20-12-13-5-6-15(22-2)14(17)11-13/h3-6,8-9,11H,7,10,12H2,1-2H3,(H2,18,19,20). The van der Waals surface area contributed by atoms with Crippen molar-refractivity contribution < 1.29 is 9.13 Å². The van der Waals surface area contributed by atoms with Crippen molar-refractivity contribution in [1.29, 1.82) is 0 Å². The predicted molar refractivity (Wildman–Crippen MR) is 85.6 cm³/mol. The van der Waals surface area contributed by atoms with Crippen molar-refractivity contribution in [3.8, 4) is 5.75 Å². The van der Waals surface area contributed by atoms with E-state index in [2.05, 4.69) is 20.2 Å². The molecule has 0 bridgehead atoms. The fourth-order valence-electron chi connectivity index (χ4n) is 2.05. The van der Waals surface area contributed by atoms with Gasteiger partial charge in [-0.2, -0.15) is 0 Å². The Bertz CT molecular complexity index is 611. The van der Waals surface area contributed by atoms with E-state index >= 15 is 0 Å². The Hall–Kier alpha value is -2.50. The van der Waals surface area contributed by atoms with Crippen molar-refractivity contribution in [1.82, 2.24) is 15.2 Å². The number of aliphatic imine (C=N–C) groups is 1. The summed E-state index contributed by atoms with van der Waals surface area (Å²) in [5.74, 6) is 0.568. The Labute approximate surface area is 129 Å². The number of rotatable bonds is 6. The van der Waals surface area contributed by atoms with Crippen LogP contribution in [0.3, 0.4) is 0 Å². The average molecular weight is 304 g/mol. The van der Waals surface area contributed by atoms with Gasteiger partial charge in [0.1, 0.15) is 0 Å². The Kier molecular flexibility index (Phi) is 5.82. The number of hydrogen-bond donors (Lipinski definition) is 2. The molecule has 22 heavy (non-hydrogen) atoms. The van der Waals surface area contributed by atoms with Crippen LogP contribution in [0.2, 0.25) is 0 Å². The van der Waals surface area contributed by atoms with Crippen molar-refractivity contribution in [3.63, 3.8) is 0 Å². The molecule has 2 aromatic rings. The number of aromatic nitrogens is 1. The normalized spacial score (nSPS) is 11.3. The van der Waals surface area contributed by atoms with E-state index in [1.54, 1.807) is 13.1 Å². The number of nitrogens with one attached hydrogen (secondary N) is 2. The highest BCUT2D eigenvalue weighted by Crippen LogP contribution is 2.17. The van der Waals surface area contributed by atoms with Crippen LogP contribution in [-0.4, -0.2) is 31.2 Å². The third-order valence-electron chi connectivity index (χ3n) is 3.23. The van der Waals surface area contributed by atoms with Crippen LogP contribution in [0.5, 0.6) is 5.75 Å². The number of halogens is 1. The summed E-state index contributed by atoms with van der Waals surface area (Å²) in [6, 6.07) is 8.88. The number of ether oxygens (including phenoxy) is 1. The second kappa shape index (κ2) is 8.07. The second-order valence-corrected chi connectivity index (χ2v) is 4.74. The Morgan fingerprint density at radius 3 is 2.68 bits per heavy atom. The summed E-state index contributed by atoms with van der Waals surface area (Å²) in [7, 11) is 3.16. The lowest BCUT2D eigenvalue weighted by molar-refractivity contribution is 0.386. The van der Waals surface area contributed by atoms with E-state index in [1.165, 1.54) is 13.2 Å². The molecule has 0 aliphatic rings. The van der Waals surface area contributed by atoms with Crippen molar-refractivity contribution in [2.45, 2.75) is 13.1 Å². The second-order valence-electron chi connectivity index (χ2n) is 4.74. The molecule has 118 valence electrons. The molecule has 2 N–H and O–H groups in total. The minimum Gasteiger partial charge on any atom is -0.494 e. The third-order valence-corrected chi connectivity index (χ3v) is 3.23. The Morgan fingerprint density at radius 1 is 1.27 bits per heavy atom. The van der Waals surface area contributed by atoms with Gasteiger partial charge in [0.05, 0.1) is 7.11 Å². The van der Waals surface area contributed by atoms with Crippen molar-refractivity contribution in [2.24, 2.45) is 4.99 Å². The molecule has 1 aromatic heterocycles. The molecular formula is C16H21FN4O. The lowest BCUT2D eigenvalue weighted by Gasteiger charge is -2.12. The number of guanidine groups is 1. The van der Waals surface area contributed by atoms with Crippen LogP contribution in [-0.2, 0) is 13.1 Å². The first-order chi connectivity index (χ1) is 10.7. The molecule has 2 rings (SSSR count). The molecule has 0 atom stereocenters. The van der Waals surface area contributed by atoms with Gasteiger partial charge in [-0.1, -0.05) is 6.07 Å². The van der Waals surface area contributed by atoms with Crippen LogP contribution in [0, 0.1) is 5.82 Å². The van der Waals surface area contributed by atoms with E-state index in [9.17, 15) is 4.39 Å². The Balaban J connectivity index is 1.79. The van der Waals surface area contributed by atoms with E-state index in [1.807, 2.05) is 30.6 Å². The maximum Gasteiger partial charge on any atom is 0.191 e. The quantitative estimate of drug-likeness (QED) is 0.634. The van der Waals surface area contributed by atoms with Gasteiger partial charge in [-0.25, -0.2) is 4.39 Å². The largest absolute Gasteiger partial charge is 0.494 e. The summed E-state index contributed by atoms with van der Waals surface area (Å²) < 4.78 is 20.6. The third kappa shape index (κ3) is 4.51. The monoisotopic (exact) mass is 304 g/mol. The van der Waals surface area contributed by atoms with Gasteiger partial charge in [0.25, 0.3) is 0 Å². The average Bonchev–Trinajstić information content (AvgIpc) is 3.04. The number of methoxy groups -OCH3 is 1. The molecule has 0 radical (unpaired) electrons. The van der Waals surface area contributed by atoms with Gasteiger partial charge in [-0.15, -0.1) is 0 Å². The van der Waals surface area contributed by atoms with Crippen LogP contribution < -0.4 is 15.4 Å². The number of nitrogens with zero attached hydrogens (tertiary/aromatic N) is 2. The SMILES string of the molecule is CN=C(NCCn1cccc1)NCc1ccc(OC)c(F)c1. The van der Waals surface area contributed by atoms with Crippen LogP contribution in [0.25, 0.3) is 0 Å². The number of hydrogen-bond acceptors (Lipinski definition) is 2. The van der Waals surface area contributed by atoms with Gasteiger partial charge in [0.15, 0.2) is 17.5 Å². The molecule has 0 amide bonds. The van der Waals surface area contributed by atoms with Crippen LogP contribution >= 0.6 is 0 Å². The molecule has 1 heterocycles. The molecule has 0 spiro atoms. The first kappa shape index (κ1) is 15.9. The molecule has 1 aromatic carbocycles. The molecule has 0 saturated carbocycles. The highest BCUT2D eigenvalue weighted by Gasteiger charge is 2.04. The summed E-state index contributed by atoms with van der Waals surface area (Å²) in [5.41, 5.74) is 0.826. The van der Waals surface area contributed by atoms with Crippen LogP contribution in [0.15, 0.2) is 47.7 Å². The van der Waals surface area contributed by atoms with Crippen LogP contribution in [0.4, 0.5) is 4.39 Å². The van der Waals surface area contributed by atoms with E-state index < -0.39 is 0 Å². The molecule has 0 fully saturated rings. The van der Waals surface area contributed by atoms with Crippen molar-refractivity contribution in [2.75, 3.05) is 20.7 Å². The van der Waals surface area contributed by atoms with Gasteiger partial charge in [0.2, 0.25) is 0 Å². The maximum absolute atomic E-state index is 13.6. The topological polar surface area (TPSA) is 50.6 Å². The lowest BCUT2D eigenvalue weighted by atomic mass is 10.2. The minimum atomic E-state index is -0.364. The highest BCUT2D eigenvalue weighted by molar-refractivity contribution is 5.79. The molecule has 6 heteroatoms. The summed E-state index contributed by atoms with van der Waals surface area (Å²) in [5, 5.41) is 6.37. The van der Waals surface area contributed by atoms with Gasteiger partial charge in [0, 0.05) is 39.1 Å². The zero-order valence-electron chi connectivity index (χ0n) is 12.8. The summed E-state index contributed by atoms with van der Waals surface area (Å²) in [6.07, 6.45) is 4.02. The van der Waals surface area contributed by atoms with E-state index in [0.29, 0.717) is 12.5 Å².